The van der Waals surface area contributed by atoms with Crippen molar-refractivity contribution >= 4 is 16.0 Å². The first kappa shape index (κ1) is 12.4. The Morgan fingerprint density at radius 1 is 1.17 bits per heavy atom. The Morgan fingerprint density at radius 2 is 1.89 bits per heavy atom. The van der Waals surface area contributed by atoms with Crippen molar-refractivity contribution in [2.24, 2.45) is 0 Å². The normalized spacial score (nSPS) is 11.5. The average Bonchev–Trinajstić information content (AvgIpc) is 2.77. The summed E-state index contributed by atoms with van der Waals surface area (Å²) < 4.78 is 64.2. The quantitative estimate of drug-likeness (QED) is 0.837. The molecule has 9 heteroatoms. The van der Waals surface area contributed by atoms with E-state index in [-0.39, 0.29) is 5.95 Å². The molecule has 2 aromatic rings. The molecule has 0 atom stereocenters. The Kier molecular flexibility index (Phi) is 2.99. The number of anilines is 1. The lowest BCUT2D eigenvalue weighted by molar-refractivity contribution is 0.432. The van der Waals surface area contributed by atoms with Crippen LogP contribution < -0.4 is 4.72 Å². The van der Waals surface area contributed by atoms with Gasteiger partial charge >= 0.3 is 0 Å². The lowest BCUT2D eigenvalue weighted by atomic mass is 10.3. The van der Waals surface area contributed by atoms with E-state index >= 15 is 0 Å². The molecule has 1 aromatic heterocycles. The van der Waals surface area contributed by atoms with Crippen LogP contribution in [0.1, 0.15) is 0 Å². The van der Waals surface area contributed by atoms with Crippen LogP contribution in [-0.4, -0.2) is 18.4 Å². The summed E-state index contributed by atoms with van der Waals surface area (Å²) in [5.41, 5.74) is 0. The molecule has 0 aliphatic rings. The topological polar surface area (TPSA) is 74.8 Å². The molecule has 1 aromatic carbocycles. The van der Waals surface area contributed by atoms with Crippen LogP contribution in [0.5, 0.6) is 0 Å². The second-order valence-corrected chi connectivity index (χ2v) is 4.87. The van der Waals surface area contributed by atoms with Gasteiger partial charge in [0.15, 0.2) is 17.5 Å². The number of rotatable bonds is 3. The summed E-state index contributed by atoms with van der Waals surface area (Å²) in [5.74, 6) is -5.27. The van der Waals surface area contributed by atoms with Gasteiger partial charge in [0.1, 0.15) is 4.90 Å². The fourth-order valence-corrected chi connectivity index (χ4v) is 2.27. The zero-order valence-electron chi connectivity index (χ0n) is 8.62. The number of aromatic nitrogens is 2. The van der Waals surface area contributed by atoms with Crippen LogP contribution in [0.15, 0.2) is 29.4 Å². The first-order chi connectivity index (χ1) is 8.42. The maximum Gasteiger partial charge on any atom is 0.267 e. The predicted molar refractivity (Wildman–Crippen MR) is 55.7 cm³/mol. The molecule has 1 heterocycles. The van der Waals surface area contributed by atoms with E-state index in [1.54, 1.807) is 0 Å². The third-order valence-corrected chi connectivity index (χ3v) is 3.37. The van der Waals surface area contributed by atoms with Gasteiger partial charge in [-0.15, -0.1) is 0 Å². The van der Waals surface area contributed by atoms with Crippen LogP contribution in [0.4, 0.5) is 19.1 Å². The lowest BCUT2D eigenvalue weighted by Gasteiger charge is -2.07. The Labute approximate surface area is 99.7 Å². The van der Waals surface area contributed by atoms with Crippen LogP contribution in [0.25, 0.3) is 0 Å². The van der Waals surface area contributed by atoms with Gasteiger partial charge in [0.2, 0.25) is 5.95 Å². The monoisotopic (exact) mass is 277 g/mol. The van der Waals surface area contributed by atoms with E-state index in [4.69, 9.17) is 0 Å². The highest BCUT2D eigenvalue weighted by Crippen LogP contribution is 2.21. The largest absolute Gasteiger partial charge is 0.330 e. The number of nitrogens with zero attached hydrogens (tertiary/aromatic N) is 1. The van der Waals surface area contributed by atoms with Crippen molar-refractivity contribution < 1.29 is 21.6 Å². The summed E-state index contributed by atoms with van der Waals surface area (Å²) in [4.78, 5) is 4.98. The SMILES string of the molecule is O=S(=O)(Nc1ncc[nH]1)c1ccc(F)c(F)c1F. The van der Waals surface area contributed by atoms with E-state index in [0.717, 1.165) is 0 Å². The van der Waals surface area contributed by atoms with Gasteiger partial charge in [-0.2, -0.15) is 0 Å². The molecule has 0 unspecified atom stereocenters. The molecule has 0 radical (unpaired) electrons. The smallest absolute Gasteiger partial charge is 0.267 e. The van der Waals surface area contributed by atoms with Gasteiger partial charge < -0.3 is 4.98 Å². The van der Waals surface area contributed by atoms with Crippen LogP contribution in [-0.2, 0) is 10.0 Å². The molecule has 0 bridgehead atoms. The summed E-state index contributed by atoms with van der Waals surface area (Å²) >= 11 is 0. The van der Waals surface area contributed by atoms with Gasteiger partial charge in [0, 0.05) is 12.4 Å². The Balaban J connectivity index is 2.45. The van der Waals surface area contributed by atoms with Crippen LogP contribution in [0, 0.1) is 17.5 Å². The highest BCUT2D eigenvalue weighted by atomic mass is 32.2. The Hall–Kier alpha value is -2.03. The molecule has 2 rings (SSSR count). The van der Waals surface area contributed by atoms with E-state index in [2.05, 4.69) is 9.97 Å². The number of H-pyrrole nitrogens is 1. The minimum absolute atomic E-state index is 0.167. The van der Waals surface area contributed by atoms with E-state index in [1.807, 2.05) is 4.72 Å². The molecule has 18 heavy (non-hydrogen) atoms. The van der Waals surface area contributed by atoms with Crippen molar-refractivity contribution in [3.8, 4) is 0 Å². The number of imidazole rings is 1. The van der Waals surface area contributed by atoms with Gasteiger partial charge in [-0.1, -0.05) is 0 Å². The zero-order valence-corrected chi connectivity index (χ0v) is 9.43. The van der Waals surface area contributed by atoms with E-state index in [1.165, 1.54) is 12.4 Å². The molecule has 0 aliphatic carbocycles. The van der Waals surface area contributed by atoms with Gasteiger partial charge in [-0.3, -0.25) is 0 Å². The van der Waals surface area contributed by atoms with Crippen molar-refractivity contribution in [3.63, 3.8) is 0 Å². The number of sulfonamides is 1. The molecular weight excluding hydrogens is 271 g/mol. The zero-order chi connectivity index (χ0) is 13.3. The Morgan fingerprint density at radius 3 is 2.50 bits per heavy atom. The summed E-state index contributed by atoms with van der Waals surface area (Å²) in [6.07, 6.45) is 2.60. The van der Waals surface area contributed by atoms with Crippen molar-refractivity contribution in [2.75, 3.05) is 4.72 Å². The summed E-state index contributed by atoms with van der Waals surface area (Å²) in [6, 6.07) is 1.15. The molecule has 5 nitrogen and oxygen atoms in total. The Bertz CT molecular complexity index is 671. The van der Waals surface area contributed by atoms with Gasteiger partial charge in [-0.05, 0) is 12.1 Å². The molecule has 0 saturated carbocycles. The second-order valence-electron chi connectivity index (χ2n) is 3.22. The minimum atomic E-state index is -4.38. The fourth-order valence-electron chi connectivity index (χ4n) is 1.22. The van der Waals surface area contributed by atoms with Crippen LogP contribution in [0.2, 0.25) is 0 Å². The fraction of sp³-hybridized carbons (Fsp3) is 0. The van der Waals surface area contributed by atoms with Crippen molar-refractivity contribution in [1.29, 1.82) is 0 Å². The number of hydrogen-bond acceptors (Lipinski definition) is 3. The summed E-state index contributed by atoms with van der Waals surface area (Å²) in [7, 11) is -4.38. The third-order valence-electron chi connectivity index (χ3n) is 2.02. The van der Waals surface area contributed by atoms with Crippen molar-refractivity contribution in [1.82, 2.24) is 9.97 Å². The number of hydrogen-bond donors (Lipinski definition) is 2. The van der Waals surface area contributed by atoms with E-state index < -0.39 is 32.4 Å². The number of halogens is 3. The molecule has 0 aliphatic heterocycles. The first-order valence-electron chi connectivity index (χ1n) is 4.57. The molecule has 0 amide bonds. The van der Waals surface area contributed by atoms with E-state index in [0.29, 0.717) is 12.1 Å². The van der Waals surface area contributed by atoms with Gasteiger partial charge in [0.25, 0.3) is 10.0 Å². The first-order valence-corrected chi connectivity index (χ1v) is 6.06. The second kappa shape index (κ2) is 4.33. The predicted octanol–water partition coefficient (Wildman–Crippen LogP) is 1.63. The van der Waals surface area contributed by atoms with Crippen molar-refractivity contribution in [3.05, 3.63) is 42.0 Å². The molecule has 0 fully saturated rings. The number of aromatic amines is 1. The standard InChI is InChI=1S/C9H6F3N3O2S/c10-5-1-2-6(8(12)7(5)11)18(16,17)15-9-13-3-4-14-9/h1-4H,(H2,13,14,15). The molecule has 96 valence electrons. The average molecular weight is 277 g/mol. The molecule has 0 spiro atoms. The van der Waals surface area contributed by atoms with Crippen LogP contribution in [0.3, 0.4) is 0 Å². The number of nitrogens with one attached hydrogen (secondary N) is 2. The molecule has 0 saturated heterocycles. The third kappa shape index (κ3) is 2.16. The minimum Gasteiger partial charge on any atom is -0.330 e. The summed E-state index contributed by atoms with van der Waals surface area (Å²) in [5, 5.41) is 0. The van der Waals surface area contributed by atoms with Crippen LogP contribution >= 0.6 is 0 Å². The number of benzene rings is 1. The lowest BCUT2D eigenvalue weighted by Crippen LogP contribution is -2.16. The maximum atomic E-state index is 13.3. The van der Waals surface area contributed by atoms with Crippen molar-refractivity contribution in [2.45, 2.75) is 4.90 Å². The van der Waals surface area contributed by atoms with Gasteiger partial charge in [-0.25, -0.2) is 31.3 Å². The van der Waals surface area contributed by atoms with Gasteiger partial charge in [0.05, 0.1) is 0 Å². The summed E-state index contributed by atoms with van der Waals surface area (Å²) in [6.45, 7) is 0. The molecular formula is C9H6F3N3O2S. The highest BCUT2D eigenvalue weighted by Gasteiger charge is 2.24. The maximum absolute atomic E-state index is 13.3. The molecule has 2 N–H and O–H groups in total. The van der Waals surface area contributed by atoms with E-state index in [9.17, 15) is 21.6 Å². The highest BCUT2D eigenvalue weighted by molar-refractivity contribution is 7.92.